The van der Waals surface area contributed by atoms with Crippen molar-refractivity contribution in [3.8, 4) is 0 Å². The van der Waals surface area contributed by atoms with E-state index in [1.54, 1.807) is 0 Å². The van der Waals surface area contributed by atoms with Gasteiger partial charge in [0, 0.05) is 19.8 Å². The lowest BCUT2D eigenvalue weighted by molar-refractivity contribution is 0.107. The summed E-state index contributed by atoms with van der Waals surface area (Å²) in [5, 5.41) is 0. The Morgan fingerprint density at radius 1 is 0.929 bits per heavy atom. The Hall–Kier alpha value is 0.0569. The highest BCUT2D eigenvalue weighted by Gasteiger charge is 2.11. The van der Waals surface area contributed by atoms with E-state index in [0.29, 0.717) is 25.9 Å². The summed E-state index contributed by atoms with van der Waals surface area (Å²) in [6.45, 7) is 11.7. The lowest BCUT2D eigenvalue weighted by Crippen LogP contribution is -2.27. The molecule has 0 heterocycles. The molecule has 0 aliphatic carbocycles. The van der Waals surface area contributed by atoms with Crippen molar-refractivity contribution >= 4 is 9.53 Å². The molecule has 0 radical (unpaired) electrons. The maximum Gasteiger partial charge on any atom is 0.484 e. The fourth-order valence-electron chi connectivity index (χ4n) is 0.553. The van der Waals surface area contributed by atoms with Crippen molar-refractivity contribution in [3.05, 3.63) is 0 Å². The molecule has 2 N–H and O–H groups in total. The molecule has 0 fully saturated rings. The molecule has 0 unspecified atom stereocenters. The average molecular weight is 223 g/mol. The number of hydrogen-bond acceptors (Lipinski definition) is 4. The predicted molar refractivity (Wildman–Crippen MR) is 61.4 cm³/mol. The lowest BCUT2D eigenvalue weighted by Gasteiger charge is -2.12. The van der Waals surface area contributed by atoms with Gasteiger partial charge in [-0.15, -0.1) is 0 Å². The van der Waals surface area contributed by atoms with Crippen molar-refractivity contribution in [3.63, 3.8) is 0 Å². The van der Waals surface area contributed by atoms with E-state index in [1.165, 1.54) is 0 Å². The van der Waals surface area contributed by atoms with Gasteiger partial charge in [0.05, 0.1) is 0 Å². The Bertz CT molecular complexity index is 87.0. The SMILES string of the molecule is CC(C)N.CCO[SiH](OCC)OCC. The van der Waals surface area contributed by atoms with Crippen LogP contribution in [0.25, 0.3) is 0 Å². The molecule has 0 aliphatic heterocycles. The van der Waals surface area contributed by atoms with E-state index in [0.717, 1.165) is 0 Å². The van der Waals surface area contributed by atoms with Gasteiger partial charge in [-0.1, -0.05) is 13.8 Å². The van der Waals surface area contributed by atoms with Gasteiger partial charge in [0.15, 0.2) is 0 Å². The molecule has 0 rings (SSSR count). The average Bonchev–Trinajstić information content (AvgIpc) is 2.04. The first-order valence-electron chi connectivity index (χ1n) is 5.18. The lowest BCUT2D eigenvalue weighted by atomic mass is 10.5. The highest BCUT2D eigenvalue weighted by atomic mass is 28.3. The summed E-state index contributed by atoms with van der Waals surface area (Å²) in [5.74, 6) is 0. The molecule has 0 aromatic heterocycles. The second-order valence-electron chi connectivity index (χ2n) is 2.90. The first-order valence-corrected chi connectivity index (χ1v) is 6.60. The minimum absolute atomic E-state index is 0.333. The Balaban J connectivity index is 0. The maximum atomic E-state index is 5.22. The van der Waals surface area contributed by atoms with Crippen LogP contribution in [0.3, 0.4) is 0 Å². The van der Waals surface area contributed by atoms with Gasteiger partial charge in [-0.3, -0.25) is 0 Å². The largest absolute Gasteiger partial charge is 0.484 e. The highest BCUT2D eigenvalue weighted by Crippen LogP contribution is 1.90. The number of nitrogens with two attached hydrogens (primary N) is 1. The summed E-state index contributed by atoms with van der Waals surface area (Å²) in [7, 11) is -1.73. The molecule has 5 heteroatoms. The van der Waals surface area contributed by atoms with E-state index in [2.05, 4.69) is 0 Å². The summed E-state index contributed by atoms with van der Waals surface area (Å²) in [6.07, 6.45) is 0. The van der Waals surface area contributed by atoms with E-state index in [4.69, 9.17) is 19.0 Å². The molecule has 0 saturated carbocycles. The number of hydrogen-bond donors (Lipinski definition) is 1. The molecule has 88 valence electrons. The van der Waals surface area contributed by atoms with Gasteiger partial charge in [0.1, 0.15) is 0 Å². The minimum Gasteiger partial charge on any atom is -0.376 e. The first-order chi connectivity index (χ1) is 6.58. The van der Waals surface area contributed by atoms with Gasteiger partial charge in [-0.05, 0) is 26.8 Å². The van der Waals surface area contributed by atoms with Crippen LogP contribution in [0.15, 0.2) is 0 Å². The molecule has 14 heavy (non-hydrogen) atoms. The fraction of sp³-hybridized carbons (Fsp3) is 1.00. The molecule has 0 aromatic rings. The van der Waals surface area contributed by atoms with Crippen molar-refractivity contribution in [2.75, 3.05) is 19.8 Å². The third-order valence-corrected chi connectivity index (χ3v) is 2.72. The second kappa shape index (κ2) is 13.1. The van der Waals surface area contributed by atoms with E-state index < -0.39 is 9.53 Å². The predicted octanol–water partition coefficient (Wildman–Crippen LogP) is 1.17. The van der Waals surface area contributed by atoms with Crippen LogP contribution in [-0.4, -0.2) is 35.4 Å². The smallest absolute Gasteiger partial charge is 0.376 e. The normalized spacial score (nSPS) is 10.3. The summed E-state index contributed by atoms with van der Waals surface area (Å²) in [6, 6.07) is 0.333. The Labute approximate surface area is 89.7 Å². The third kappa shape index (κ3) is 18.0. The van der Waals surface area contributed by atoms with E-state index in [9.17, 15) is 0 Å². The standard InChI is InChI=1S/C6H16O3Si.C3H9N/c1-4-7-10(8-5-2)9-6-3;1-3(2)4/h10H,4-6H2,1-3H3;3H,4H2,1-2H3. The first kappa shape index (κ1) is 16.5. The van der Waals surface area contributed by atoms with Gasteiger partial charge >= 0.3 is 9.53 Å². The molecule has 0 bridgehead atoms. The minimum atomic E-state index is -1.73. The van der Waals surface area contributed by atoms with Gasteiger partial charge in [-0.2, -0.15) is 0 Å². The van der Waals surface area contributed by atoms with E-state index >= 15 is 0 Å². The van der Waals surface area contributed by atoms with Gasteiger partial charge < -0.3 is 19.0 Å². The molecule has 0 amide bonds. The van der Waals surface area contributed by atoms with Gasteiger partial charge in [0.2, 0.25) is 0 Å². The Morgan fingerprint density at radius 2 is 1.14 bits per heavy atom. The fourth-order valence-corrected chi connectivity index (χ4v) is 1.66. The molecule has 0 aliphatic rings. The monoisotopic (exact) mass is 223 g/mol. The van der Waals surface area contributed by atoms with Crippen LogP contribution >= 0.6 is 0 Å². The molecular weight excluding hydrogens is 198 g/mol. The van der Waals surface area contributed by atoms with Gasteiger partial charge in [0.25, 0.3) is 0 Å². The van der Waals surface area contributed by atoms with E-state index in [1.807, 2.05) is 34.6 Å². The van der Waals surface area contributed by atoms with Crippen molar-refractivity contribution < 1.29 is 13.3 Å². The summed E-state index contributed by atoms with van der Waals surface area (Å²) < 4.78 is 15.7. The molecule has 0 spiro atoms. The molecule has 4 nitrogen and oxygen atoms in total. The third-order valence-electron chi connectivity index (χ3n) is 0.908. The molecule has 0 saturated heterocycles. The topological polar surface area (TPSA) is 53.7 Å². The summed E-state index contributed by atoms with van der Waals surface area (Å²) in [4.78, 5) is 0. The Morgan fingerprint density at radius 3 is 1.29 bits per heavy atom. The quantitative estimate of drug-likeness (QED) is 0.687. The van der Waals surface area contributed by atoms with Crippen LogP contribution < -0.4 is 5.73 Å². The summed E-state index contributed by atoms with van der Waals surface area (Å²) in [5.41, 5.74) is 5.11. The zero-order valence-corrected chi connectivity index (χ0v) is 11.2. The second-order valence-corrected chi connectivity index (χ2v) is 4.48. The van der Waals surface area contributed by atoms with Crippen molar-refractivity contribution in [2.24, 2.45) is 5.73 Å². The summed E-state index contributed by atoms with van der Waals surface area (Å²) >= 11 is 0. The van der Waals surface area contributed by atoms with Crippen LogP contribution in [0.5, 0.6) is 0 Å². The zero-order chi connectivity index (χ0) is 11.4. The van der Waals surface area contributed by atoms with Crippen LogP contribution in [0, 0.1) is 0 Å². The van der Waals surface area contributed by atoms with Crippen LogP contribution in [0.1, 0.15) is 34.6 Å². The van der Waals surface area contributed by atoms with Crippen LogP contribution in [-0.2, 0) is 13.3 Å². The van der Waals surface area contributed by atoms with Crippen molar-refractivity contribution in [1.82, 2.24) is 0 Å². The van der Waals surface area contributed by atoms with Crippen molar-refractivity contribution in [2.45, 2.75) is 40.7 Å². The Kier molecular flexibility index (Phi) is 15.4. The highest BCUT2D eigenvalue weighted by molar-refractivity contribution is 6.36. The van der Waals surface area contributed by atoms with Crippen molar-refractivity contribution in [1.29, 1.82) is 0 Å². The van der Waals surface area contributed by atoms with E-state index in [-0.39, 0.29) is 0 Å². The molecule has 0 aromatic carbocycles. The van der Waals surface area contributed by atoms with Crippen LogP contribution in [0.4, 0.5) is 0 Å². The molecule has 0 atom stereocenters. The maximum absolute atomic E-state index is 5.22. The number of rotatable bonds is 6. The van der Waals surface area contributed by atoms with Crippen LogP contribution in [0.2, 0.25) is 0 Å². The zero-order valence-electron chi connectivity index (χ0n) is 10.1. The van der Waals surface area contributed by atoms with Gasteiger partial charge in [-0.25, -0.2) is 0 Å². The molecular formula is C9H25NO3Si.